The summed E-state index contributed by atoms with van der Waals surface area (Å²) in [5, 5.41) is -0.288. The van der Waals surface area contributed by atoms with E-state index in [0.29, 0.717) is 37.3 Å². The van der Waals surface area contributed by atoms with Crippen LogP contribution in [0.2, 0.25) is 0 Å². The van der Waals surface area contributed by atoms with Crippen molar-refractivity contribution in [3.8, 4) is 0 Å². The first kappa shape index (κ1) is 23.9. The first-order valence-corrected chi connectivity index (χ1v) is 9.90. The van der Waals surface area contributed by atoms with Crippen LogP contribution >= 0.6 is 11.3 Å². The molecule has 1 saturated heterocycles. The van der Waals surface area contributed by atoms with E-state index < -0.39 is 54.0 Å². The van der Waals surface area contributed by atoms with Gasteiger partial charge in [0, 0.05) is 13.1 Å². The quantitative estimate of drug-likeness (QED) is 0.353. The van der Waals surface area contributed by atoms with Gasteiger partial charge in [0.2, 0.25) is 0 Å². The van der Waals surface area contributed by atoms with E-state index >= 15 is 0 Å². The number of nitrogens with zero attached hydrogens (tertiary/aromatic N) is 3. The van der Waals surface area contributed by atoms with Crippen molar-refractivity contribution in [1.82, 2.24) is 9.97 Å². The van der Waals surface area contributed by atoms with Gasteiger partial charge in [-0.25, -0.2) is 9.59 Å². The third kappa shape index (κ3) is 5.75. The van der Waals surface area contributed by atoms with Crippen molar-refractivity contribution in [1.29, 1.82) is 0 Å². The van der Waals surface area contributed by atoms with Gasteiger partial charge in [-0.15, -0.1) is 11.3 Å². The minimum atomic E-state index is -4.91. The van der Waals surface area contributed by atoms with Gasteiger partial charge in [0.05, 0.1) is 10.9 Å². The molecule has 0 N–H and O–H groups in total. The van der Waals surface area contributed by atoms with Gasteiger partial charge in [-0.2, -0.15) is 40.7 Å². The van der Waals surface area contributed by atoms with Crippen LogP contribution in [0.4, 0.5) is 36.6 Å². The van der Waals surface area contributed by atoms with Crippen molar-refractivity contribution in [2.45, 2.75) is 31.6 Å². The maximum absolute atomic E-state index is 14.0. The smallest absolute Gasteiger partial charge is 0.422 e. The molecule has 0 amide bonds. The van der Waals surface area contributed by atoms with E-state index in [-0.39, 0.29) is 16.0 Å². The molecule has 32 heavy (non-hydrogen) atoms. The lowest BCUT2D eigenvalue weighted by Crippen LogP contribution is -2.31. The Hall–Kier alpha value is -2.71. The van der Waals surface area contributed by atoms with Gasteiger partial charge < -0.3 is 14.4 Å². The molecule has 0 aromatic carbocycles. The predicted octanol–water partition coefficient (Wildman–Crippen LogP) is 4.26. The number of hydrogen-bond donors (Lipinski definition) is 0. The largest absolute Gasteiger partial charge is 0.452 e. The second-order valence-electron chi connectivity index (χ2n) is 6.73. The molecular formula is C17H14F7N3O4S. The summed E-state index contributed by atoms with van der Waals surface area (Å²) in [7, 11) is 0. The highest BCUT2D eigenvalue weighted by atomic mass is 32.1. The second-order valence-corrected chi connectivity index (χ2v) is 7.73. The molecule has 1 aliphatic heterocycles. The molecule has 2 aromatic heterocycles. The number of halogens is 7. The van der Waals surface area contributed by atoms with Crippen molar-refractivity contribution in [3.05, 3.63) is 16.5 Å². The molecular weight excluding hydrogens is 475 g/mol. The zero-order chi connectivity index (χ0) is 23.7. The average molecular weight is 489 g/mol. The van der Waals surface area contributed by atoms with Crippen molar-refractivity contribution in [3.63, 3.8) is 0 Å². The minimum Gasteiger partial charge on any atom is -0.452 e. The van der Waals surface area contributed by atoms with E-state index in [4.69, 9.17) is 0 Å². The monoisotopic (exact) mass is 489 g/mol. The minimum absolute atomic E-state index is 0.169. The molecule has 1 aliphatic rings. The highest BCUT2D eigenvalue weighted by Gasteiger charge is 2.36. The molecule has 0 atom stereocenters. The molecule has 0 aliphatic carbocycles. The molecule has 0 radical (unpaired) electrons. The molecule has 0 spiro atoms. The molecule has 3 heterocycles. The number of ether oxygens (including phenoxy) is 2. The van der Waals surface area contributed by atoms with Crippen LogP contribution in [0, 0.1) is 6.08 Å². The number of piperidine rings is 1. The van der Waals surface area contributed by atoms with Crippen molar-refractivity contribution in [2.24, 2.45) is 0 Å². The molecule has 3 rings (SSSR count). The molecule has 7 nitrogen and oxygen atoms in total. The van der Waals surface area contributed by atoms with Crippen molar-refractivity contribution >= 4 is 39.3 Å². The van der Waals surface area contributed by atoms with Gasteiger partial charge in [0.25, 0.3) is 0 Å². The van der Waals surface area contributed by atoms with E-state index in [1.165, 1.54) is 0 Å². The summed E-state index contributed by atoms with van der Waals surface area (Å²) >= 11 is 0.295. The molecule has 0 unspecified atom stereocenters. The maximum atomic E-state index is 14.0. The third-order valence-corrected chi connectivity index (χ3v) is 5.35. The van der Waals surface area contributed by atoms with Crippen LogP contribution in [0.1, 0.15) is 39.3 Å². The van der Waals surface area contributed by atoms with Crippen molar-refractivity contribution in [2.75, 3.05) is 31.2 Å². The Labute approximate surface area is 179 Å². The lowest BCUT2D eigenvalue weighted by molar-refractivity contribution is -0.162. The van der Waals surface area contributed by atoms with E-state index in [2.05, 4.69) is 19.4 Å². The SMILES string of the molecule is O=C(OCC(F)(F)F)c1sc2nc(F)nc(N3CCCCC3)c2c1C(=O)OCC(F)(F)F. The number of anilines is 1. The topological polar surface area (TPSA) is 81.6 Å². The van der Waals surface area contributed by atoms with Crippen LogP contribution in [-0.2, 0) is 9.47 Å². The van der Waals surface area contributed by atoms with Gasteiger partial charge in [0.1, 0.15) is 15.5 Å². The standard InChI is InChI=1S/C17H14F7N3O4S/c18-15-25-11(27-4-2-1-3-5-27)9-8(13(28)30-6-16(19,20)21)10(32-12(9)26-15)14(29)31-7-17(22,23)24/h1-7H2. The lowest BCUT2D eigenvalue weighted by atomic mass is 10.1. The fourth-order valence-corrected chi connectivity index (χ4v) is 4.10. The van der Waals surface area contributed by atoms with Crippen LogP contribution in [-0.4, -0.2) is 60.6 Å². The summed E-state index contributed by atoms with van der Waals surface area (Å²) in [6.45, 7) is -3.28. The summed E-state index contributed by atoms with van der Waals surface area (Å²) in [5.41, 5.74) is -0.804. The number of rotatable bonds is 5. The van der Waals surface area contributed by atoms with Crippen LogP contribution < -0.4 is 4.90 Å². The van der Waals surface area contributed by atoms with E-state index in [9.17, 15) is 40.3 Å². The fraction of sp³-hybridized carbons (Fsp3) is 0.529. The van der Waals surface area contributed by atoms with Gasteiger partial charge in [-0.3, -0.25) is 0 Å². The van der Waals surface area contributed by atoms with Crippen LogP contribution in [0.15, 0.2) is 0 Å². The number of hydrogen-bond acceptors (Lipinski definition) is 8. The Kier molecular flexibility index (Phi) is 6.76. The zero-order valence-electron chi connectivity index (χ0n) is 16.0. The van der Waals surface area contributed by atoms with Gasteiger partial charge >= 0.3 is 30.4 Å². The third-order valence-electron chi connectivity index (χ3n) is 4.28. The second kappa shape index (κ2) is 9.03. The van der Waals surface area contributed by atoms with Gasteiger partial charge in [-0.1, -0.05) is 0 Å². The first-order chi connectivity index (χ1) is 14.9. The normalized spacial score (nSPS) is 15.2. The lowest BCUT2D eigenvalue weighted by Gasteiger charge is -2.28. The number of aromatic nitrogens is 2. The van der Waals surface area contributed by atoms with Crippen LogP contribution in [0.3, 0.4) is 0 Å². The van der Waals surface area contributed by atoms with E-state index in [0.717, 1.165) is 6.42 Å². The summed E-state index contributed by atoms with van der Waals surface area (Å²) in [6, 6.07) is 0. The summed E-state index contributed by atoms with van der Waals surface area (Å²) in [4.78, 5) is 32.3. The number of fused-ring (bicyclic) bond motifs is 1. The number of esters is 2. The molecule has 0 saturated carbocycles. The van der Waals surface area contributed by atoms with Gasteiger partial charge in [-0.05, 0) is 19.3 Å². The van der Waals surface area contributed by atoms with Crippen molar-refractivity contribution < 1.29 is 49.8 Å². The highest BCUT2D eigenvalue weighted by molar-refractivity contribution is 7.21. The van der Waals surface area contributed by atoms with E-state index in [1.807, 2.05) is 0 Å². The maximum Gasteiger partial charge on any atom is 0.422 e. The average Bonchev–Trinajstić information content (AvgIpc) is 3.08. The first-order valence-electron chi connectivity index (χ1n) is 9.08. The highest BCUT2D eigenvalue weighted by Crippen LogP contribution is 2.38. The summed E-state index contributed by atoms with van der Waals surface area (Å²) < 4.78 is 97.3. The van der Waals surface area contributed by atoms with Crippen LogP contribution in [0.25, 0.3) is 10.2 Å². The van der Waals surface area contributed by atoms with Gasteiger partial charge in [0.15, 0.2) is 13.2 Å². The fourth-order valence-electron chi connectivity index (χ4n) is 3.06. The predicted molar refractivity (Wildman–Crippen MR) is 96.1 cm³/mol. The summed E-state index contributed by atoms with van der Waals surface area (Å²) in [6.07, 6.45) is -8.85. The summed E-state index contributed by atoms with van der Waals surface area (Å²) in [5.74, 6) is -3.47. The Morgan fingerprint density at radius 3 is 2.03 bits per heavy atom. The molecule has 176 valence electrons. The molecule has 0 bridgehead atoms. The number of carbonyl (C=O) groups excluding carboxylic acids is 2. The van der Waals surface area contributed by atoms with Crippen LogP contribution in [0.5, 0.6) is 0 Å². The Balaban J connectivity index is 2.12. The number of thiophene rings is 1. The molecule has 1 fully saturated rings. The number of alkyl halides is 6. The Morgan fingerprint density at radius 2 is 1.47 bits per heavy atom. The molecule has 15 heteroatoms. The Bertz CT molecular complexity index is 1020. The van der Waals surface area contributed by atoms with E-state index in [1.54, 1.807) is 4.90 Å². The molecule has 2 aromatic rings. The zero-order valence-corrected chi connectivity index (χ0v) is 16.8. The Morgan fingerprint density at radius 1 is 0.906 bits per heavy atom. The number of carbonyl (C=O) groups is 2.